The van der Waals surface area contributed by atoms with Gasteiger partial charge < -0.3 is 15.3 Å². The minimum absolute atomic E-state index is 0.141. The first-order valence-corrected chi connectivity index (χ1v) is 7.15. The van der Waals surface area contributed by atoms with E-state index >= 15 is 0 Å². The average molecular weight is 266 g/mol. The number of aliphatic carboxylic acids is 1. The van der Waals surface area contributed by atoms with Crippen LogP contribution < -0.4 is 5.32 Å². The number of rotatable bonds is 6. The molecule has 0 aliphatic carbocycles. The van der Waals surface area contributed by atoms with Crippen molar-refractivity contribution in [1.29, 1.82) is 0 Å². The lowest BCUT2D eigenvalue weighted by Gasteiger charge is -2.19. The molecule has 0 saturated carbocycles. The second-order valence-corrected chi connectivity index (χ2v) is 6.03. The van der Waals surface area contributed by atoms with Crippen LogP contribution in [0.1, 0.15) is 13.3 Å². The third kappa shape index (κ3) is 6.77. The molecule has 0 aromatic rings. The Balaban J connectivity index is 4.46. The highest BCUT2D eigenvalue weighted by atomic mass is 32.2. The summed E-state index contributed by atoms with van der Waals surface area (Å²) in [6.45, 7) is 2.18. The second-order valence-electron chi connectivity index (χ2n) is 3.77. The van der Waals surface area contributed by atoms with Crippen LogP contribution >= 0.6 is 0 Å². The van der Waals surface area contributed by atoms with Gasteiger partial charge in [0.1, 0.15) is 15.9 Å². The van der Waals surface area contributed by atoms with Crippen LogP contribution in [0, 0.1) is 0 Å². The van der Waals surface area contributed by atoms with Gasteiger partial charge in [-0.05, 0) is 13.3 Å². The number of amides is 2. The molecule has 100 valence electrons. The first-order chi connectivity index (χ1) is 7.67. The minimum Gasteiger partial charge on any atom is -0.480 e. The SMILES string of the molecule is CCN(C)C(=O)NC(CCS(C)(=O)=O)C(=O)O. The van der Waals surface area contributed by atoms with Crippen molar-refractivity contribution in [3.05, 3.63) is 0 Å². The molecular formula is C9H18N2O5S. The maximum absolute atomic E-state index is 11.4. The molecule has 1 unspecified atom stereocenters. The van der Waals surface area contributed by atoms with Crippen molar-refractivity contribution in [2.24, 2.45) is 0 Å². The number of carboxylic acids is 1. The van der Waals surface area contributed by atoms with Gasteiger partial charge in [0.15, 0.2) is 0 Å². The summed E-state index contributed by atoms with van der Waals surface area (Å²) >= 11 is 0. The molecule has 0 radical (unpaired) electrons. The molecule has 0 saturated heterocycles. The minimum atomic E-state index is -3.24. The van der Waals surface area contributed by atoms with Crippen LogP contribution in [0.4, 0.5) is 4.79 Å². The summed E-state index contributed by atoms with van der Waals surface area (Å²) in [5, 5.41) is 11.1. The maximum Gasteiger partial charge on any atom is 0.326 e. The third-order valence-corrected chi connectivity index (χ3v) is 3.17. The number of nitrogens with one attached hydrogen (secondary N) is 1. The molecule has 0 aliphatic rings. The summed E-state index contributed by atoms with van der Waals surface area (Å²) in [7, 11) is -1.72. The summed E-state index contributed by atoms with van der Waals surface area (Å²) in [6.07, 6.45) is 0.878. The van der Waals surface area contributed by atoms with Crippen LogP contribution in [-0.4, -0.2) is 62.1 Å². The van der Waals surface area contributed by atoms with Gasteiger partial charge in [-0.15, -0.1) is 0 Å². The molecule has 1 atom stereocenters. The van der Waals surface area contributed by atoms with E-state index in [1.54, 1.807) is 6.92 Å². The predicted molar refractivity (Wildman–Crippen MR) is 62.6 cm³/mol. The van der Waals surface area contributed by atoms with E-state index in [0.717, 1.165) is 6.26 Å². The number of carboxylic acid groups (broad SMARTS) is 1. The molecule has 0 aromatic carbocycles. The van der Waals surface area contributed by atoms with Crippen LogP contribution in [-0.2, 0) is 14.6 Å². The number of hydrogen-bond donors (Lipinski definition) is 2. The fourth-order valence-corrected chi connectivity index (χ4v) is 1.66. The molecule has 0 bridgehead atoms. The first kappa shape index (κ1) is 15.7. The zero-order valence-corrected chi connectivity index (χ0v) is 11.0. The van der Waals surface area contributed by atoms with E-state index in [2.05, 4.69) is 5.32 Å². The number of carbonyl (C=O) groups is 2. The summed E-state index contributed by atoms with van der Waals surface area (Å²) in [5.74, 6) is -1.52. The highest BCUT2D eigenvalue weighted by molar-refractivity contribution is 7.90. The van der Waals surface area contributed by atoms with Gasteiger partial charge in [-0.25, -0.2) is 18.0 Å². The molecule has 17 heavy (non-hydrogen) atoms. The number of nitrogens with zero attached hydrogens (tertiary/aromatic N) is 1. The van der Waals surface area contributed by atoms with E-state index in [-0.39, 0.29) is 12.2 Å². The van der Waals surface area contributed by atoms with Gasteiger partial charge in [-0.1, -0.05) is 0 Å². The summed E-state index contributed by atoms with van der Waals surface area (Å²) in [6, 6.07) is -1.72. The van der Waals surface area contributed by atoms with Crippen LogP contribution in [0.25, 0.3) is 0 Å². The van der Waals surface area contributed by atoms with Crippen molar-refractivity contribution in [1.82, 2.24) is 10.2 Å². The van der Waals surface area contributed by atoms with Gasteiger partial charge in [-0.3, -0.25) is 0 Å². The summed E-state index contributed by atoms with van der Waals surface area (Å²) in [5.41, 5.74) is 0. The Morgan fingerprint density at radius 2 is 1.94 bits per heavy atom. The number of carbonyl (C=O) groups excluding carboxylic acids is 1. The van der Waals surface area contributed by atoms with Gasteiger partial charge in [0.05, 0.1) is 5.75 Å². The predicted octanol–water partition coefficient (Wildman–Crippen LogP) is -0.464. The van der Waals surface area contributed by atoms with Crippen molar-refractivity contribution < 1.29 is 23.1 Å². The smallest absolute Gasteiger partial charge is 0.326 e. The van der Waals surface area contributed by atoms with E-state index in [9.17, 15) is 18.0 Å². The lowest BCUT2D eigenvalue weighted by atomic mass is 10.2. The van der Waals surface area contributed by atoms with Gasteiger partial charge in [0.25, 0.3) is 0 Å². The van der Waals surface area contributed by atoms with E-state index in [4.69, 9.17) is 5.11 Å². The van der Waals surface area contributed by atoms with Crippen molar-refractivity contribution in [2.45, 2.75) is 19.4 Å². The summed E-state index contributed by atoms with van der Waals surface area (Å²) < 4.78 is 21.8. The molecule has 0 aliphatic heterocycles. The van der Waals surface area contributed by atoms with Crippen LogP contribution in [0.3, 0.4) is 0 Å². The molecule has 0 rings (SSSR count). The van der Waals surface area contributed by atoms with E-state index < -0.39 is 27.9 Å². The lowest BCUT2D eigenvalue weighted by molar-refractivity contribution is -0.139. The standard InChI is InChI=1S/C9H18N2O5S/c1-4-11(2)9(14)10-7(8(12)13)5-6-17(3,15)16/h7H,4-6H2,1-3H3,(H,10,14)(H,12,13). The largest absolute Gasteiger partial charge is 0.480 e. The first-order valence-electron chi connectivity index (χ1n) is 5.09. The molecule has 0 aromatic heterocycles. The van der Waals surface area contributed by atoms with Crippen LogP contribution in [0.15, 0.2) is 0 Å². The highest BCUT2D eigenvalue weighted by Gasteiger charge is 2.22. The van der Waals surface area contributed by atoms with Gasteiger partial charge in [0, 0.05) is 19.8 Å². The Morgan fingerprint density at radius 3 is 2.29 bits per heavy atom. The lowest BCUT2D eigenvalue weighted by Crippen LogP contribution is -2.47. The highest BCUT2D eigenvalue weighted by Crippen LogP contribution is 1.98. The average Bonchev–Trinajstić information content (AvgIpc) is 2.20. The number of urea groups is 1. The zero-order valence-electron chi connectivity index (χ0n) is 10.1. The van der Waals surface area contributed by atoms with Gasteiger partial charge in [0.2, 0.25) is 0 Å². The van der Waals surface area contributed by atoms with Gasteiger partial charge >= 0.3 is 12.0 Å². The molecular weight excluding hydrogens is 248 g/mol. The van der Waals surface area contributed by atoms with Crippen LogP contribution in [0.5, 0.6) is 0 Å². The quantitative estimate of drug-likeness (QED) is 0.676. The number of sulfone groups is 1. The Kier molecular flexibility index (Phi) is 5.94. The Morgan fingerprint density at radius 1 is 1.41 bits per heavy atom. The molecule has 2 amide bonds. The normalized spacial score (nSPS) is 12.9. The Labute approximate surface area is 101 Å². The topological polar surface area (TPSA) is 104 Å². The maximum atomic E-state index is 11.4. The van der Waals surface area contributed by atoms with Crippen molar-refractivity contribution in [2.75, 3.05) is 25.6 Å². The second kappa shape index (κ2) is 6.43. The van der Waals surface area contributed by atoms with E-state index in [1.165, 1.54) is 11.9 Å². The van der Waals surface area contributed by atoms with E-state index in [1.807, 2.05) is 0 Å². The fourth-order valence-electron chi connectivity index (χ4n) is 0.992. The van der Waals surface area contributed by atoms with Crippen molar-refractivity contribution >= 4 is 21.8 Å². The number of hydrogen-bond acceptors (Lipinski definition) is 4. The van der Waals surface area contributed by atoms with E-state index in [0.29, 0.717) is 6.54 Å². The molecule has 0 heterocycles. The molecule has 2 N–H and O–H groups in total. The van der Waals surface area contributed by atoms with Gasteiger partial charge in [-0.2, -0.15) is 0 Å². The Bertz CT molecular complexity index is 379. The monoisotopic (exact) mass is 266 g/mol. The van der Waals surface area contributed by atoms with Crippen LogP contribution in [0.2, 0.25) is 0 Å². The van der Waals surface area contributed by atoms with Crippen molar-refractivity contribution in [3.63, 3.8) is 0 Å². The molecule has 7 nitrogen and oxygen atoms in total. The zero-order chi connectivity index (χ0) is 13.6. The van der Waals surface area contributed by atoms with Crippen molar-refractivity contribution in [3.8, 4) is 0 Å². The molecule has 0 fully saturated rings. The Hall–Kier alpha value is -1.31. The molecule has 8 heteroatoms. The molecule has 0 spiro atoms. The summed E-state index contributed by atoms with van der Waals surface area (Å²) in [4.78, 5) is 23.6. The fraction of sp³-hybridized carbons (Fsp3) is 0.778. The third-order valence-electron chi connectivity index (χ3n) is 2.19.